The normalized spacial score (nSPS) is 19.7. The number of fused-ring (bicyclic) bond motifs is 2. The van der Waals surface area contributed by atoms with Gasteiger partial charge in [-0.05, 0) is 36.6 Å². The SMILES string of the molecule is CCc1cc(=O)oc2cc(C)cc(OCC(=O)N3CCN4CCNC(=O)C4C3)c12. The third kappa shape index (κ3) is 3.85. The number of aryl methyl sites for hydroxylation is 2. The van der Waals surface area contributed by atoms with E-state index in [1.807, 2.05) is 19.9 Å². The first-order valence-corrected chi connectivity index (χ1v) is 9.96. The van der Waals surface area contributed by atoms with E-state index < -0.39 is 5.63 Å². The van der Waals surface area contributed by atoms with Gasteiger partial charge in [0.1, 0.15) is 17.4 Å². The third-order valence-corrected chi connectivity index (χ3v) is 5.61. The zero-order chi connectivity index (χ0) is 20.5. The second-order valence-corrected chi connectivity index (χ2v) is 7.55. The van der Waals surface area contributed by atoms with Crippen molar-refractivity contribution in [2.24, 2.45) is 0 Å². The average molecular weight is 399 g/mol. The van der Waals surface area contributed by atoms with Crippen molar-refractivity contribution in [2.45, 2.75) is 26.3 Å². The number of hydrogen-bond acceptors (Lipinski definition) is 6. The second kappa shape index (κ2) is 7.87. The standard InChI is InChI=1S/C21H25N3O5/c1-3-14-10-19(26)29-17-9-13(2)8-16(20(14)17)28-12-18(25)24-7-6-23-5-4-22-21(27)15(23)11-24/h8-10,15H,3-7,11-12H2,1-2H3,(H,22,27). The predicted octanol–water partition coefficient (Wildman–Crippen LogP) is 0.685. The molecule has 154 valence electrons. The van der Waals surface area contributed by atoms with Crippen LogP contribution in [0.2, 0.25) is 0 Å². The summed E-state index contributed by atoms with van der Waals surface area (Å²) in [5.74, 6) is 0.345. The summed E-state index contributed by atoms with van der Waals surface area (Å²) in [6.45, 7) is 6.81. The summed E-state index contributed by atoms with van der Waals surface area (Å²) in [5, 5.41) is 3.58. The zero-order valence-corrected chi connectivity index (χ0v) is 16.7. The van der Waals surface area contributed by atoms with Crippen molar-refractivity contribution in [1.82, 2.24) is 15.1 Å². The maximum Gasteiger partial charge on any atom is 0.336 e. The van der Waals surface area contributed by atoms with Crippen LogP contribution in [-0.2, 0) is 16.0 Å². The van der Waals surface area contributed by atoms with Crippen molar-refractivity contribution in [3.05, 3.63) is 39.7 Å². The lowest BCUT2D eigenvalue weighted by Crippen LogP contribution is -2.64. The predicted molar refractivity (Wildman–Crippen MR) is 107 cm³/mol. The van der Waals surface area contributed by atoms with E-state index in [4.69, 9.17) is 9.15 Å². The number of rotatable bonds is 4. The molecule has 1 aromatic heterocycles. The summed E-state index contributed by atoms with van der Waals surface area (Å²) in [7, 11) is 0. The minimum Gasteiger partial charge on any atom is -0.483 e. The molecule has 0 saturated carbocycles. The monoisotopic (exact) mass is 399 g/mol. The topological polar surface area (TPSA) is 92.1 Å². The van der Waals surface area contributed by atoms with Crippen LogP contribution in [-0.4, -0.2) is 67.0 Å². The zero-order valence-electron chi connectivity index (χ0n) is 16.7. The molecule has 0 radical (unpaired) electrons. The van der Waals surface area contributed by atoms with Crippen LogP contribution in [0.4, 0.5) is 0 Å². The van der Waals surface area contributed by atoms with Gasteiger partial charge in [0.25, 0.3) is 5.91 Å². The van der Waals surface area contributed by atoms with Crippen molar-refractivity contribution in [2.75, 3.05) is 39.3 Å². The van der Waals surface area contributed by atoms with E-state index in [-0.39, 0.29) is 24.5 Å². The van der Waals surface area contributed by atoms with Gasteiger partial charge >= 0.3 is 5.63 Å². The third-order valence-electron chi connectivity index (χ3n) is 5.61. The van der Waals surface area contributed by atoms with E-state index in [1.165, 1.54) is 6.07 Å². The summed E-state index contributed by atoms with van der Waals surface area (Å²) in [4.78, 5) is 40.5. The Morgan fingerprint density at radius 2 is 2.07 bits per heavy atom. The molecule has 1 unspecified atom stereocenters. The van der Waals surface area contributed by atoms with E-state index in [0.29, 0.717) is 43.9 Å². The Hall–Kier alpha value is -2.87. The van der Waals surface area contributed by atoms with Crippen LogP contribution in [0.15, 0.2) is 27.4 Å². The Morgan fingerprint density at radius 3 is 2.86 bits per heavy atom. The highest BCUT2D eigenvalue weighted by atomic mass is 16.5. The molecular formula is C21H25N3O5. The van der Waals surface area contributed by atoms with Crippen molar-refractivity contribution >= 4 is 22.8 Å². The van der Waals surface area contributed by atoms with Gasteiger partial charge in [-0.1, -0.05) is 6.92 Å². The first kappa shape index (κ1) is 19.4. The molecular weight excluding hydrogens is 374 g/mol. The van der Waals surface area contributed by atoms with Crippen LogP contribution in [0.5, 0.6) is 5.75 Å². The lowest BCUT2D eigenvalue weighted by Gasteiger charge is -2.42. The van der Waals surface area contributed by atoms with Crippen molar-refractivity contribution in [3.8, 4) is 5.75 Å². The molecule has 2 aliphatic heterocycles. The molecule has 2 amide bonds. The number of ether oxygens (including phenoxy) is 1. The van der Waals surface area contributed by atoms with Gasteiger partial charge < -0.3 is 19.4 Å². The lowest BCUT2D eigenvalue weighted by atomic mass is 10.1. The molecule has 2 saturated heterocycles. The fraction of sp³-hybridized carbons (Fsp3) is 0.476. The molecule has 2 fully saturated rings. The summed E-state index contributed by atoms with van der Waals surface area (Å²) in [5.41, 5.74) is 1.77. The Morgan fingerprint density at radius 1 is 1.24 bits per heavy atom. The molecule has 1 aromatic carbocycles. The molecule has 8 nitrogen and oxygen atoms in total. The molecule has 0 aliphatic carbocycles. The Labute approximate surface area is 168 Å². The fourth-order valence-electron chi connectivity index (χ4n) is 4.10. The van der Waals surface area contributed by atoms with E-state index in [9.17, 15) is 14.4 Å². The molecule has 2 aromatic rings. The van der Waals surface area contributed by atoms with Gasteiger partial charge in [0.05, 0.1) is 5.39 Å². The number of piperazine rings is 2. The molecule has 0 spiro atoms. The molecule has 29 heavy (non-hydrogen) atoms. The number of nitrogens with one attached hydrogen (secondary N) is 1. The van der Waals surface area contributed by atoms with Gasteiger partial charge in [-0.15, -0.1) is 0 Å². The highest BCUT2D eigenvalue weighted by Crippen LogP contribution is 2.30. The molecule has 0 bridgehead atoms. The van der Waals surface area contributed by atoms with Crippen LogP contribution in [0, 0.1) is 6.92 Å². The van der Waals surface area contributed by atoms with E-state index >= 15 is 0 Å². The molecule has 8 heteroatoms. The van der Waals surface area contributed by atoms with Crippen LogP contribution < -0.4 is 15.7 Å². The highest BCUT2D eigenvalue weighted by Gasteiger charge is 2.36. The first-order chi connectivity index (χ1) is 14.0. The van der Waals surface area contributed by atoms with Crippen molar-refractivity contribution in [1.29, 1.82) is 0 Å². The van der Waals surface area contributed by atoms with Gasteiger partial charge in [0, 0.05) is 38.8 Å². The van der Waals surface area contributed by atoms with Gasteiger partial charge in [-0.25, -0.2) is 4.79 Å². The van der Waals surface area contributed by atoms with Crippen LogP contribution in [0.25, 0.3) is 11.0 Å². The van der Waals surface area contributed by atoms with Crippen molar-refractivity contribution in [3.63, 3.8) is 0 Å². The quantitative estimate of drug-likeness (QED) is 0.761. The van der Waals surface area contributed by atoms with E-state index in [1.54, 1.807) is 11.0 Å². The second-order valence-electron chi connectivity index (χ2n) is 7.55. The average Bonchev–Trinajstić information content (AvgIpc) is 2.70. The minimum absolute atomic E-state index is 0.0260. The lowest BCUT2D eigenvalue weighted by molar-refractivity contribution is -0.141. The Balaban J connectivity index is 1.52. The van der Waals surface area contributed by atoms with Crippen LogP contribution in [0.3, 0.4) is 0 Å². The summed E-state index contributed by atoms with van der Waals surface area (Å²) in [6, 6.07) is 4.82. The van der Waals surface area contributed by atoms with Crippen LogP contribution in [0.1, 0.15) is 18.1 Å². The van der Waals surface area contributed by atoms with E-state index in [0.717, 1.165) is 23.1 Å². The van der Waals surface area contributed by atoms with Gasteiger partial charge in [0.15, 0.2) is 6.61 Å². The number of carbonyl (C=O) groups is 2. The smallest absolute Gasteiger partial charge is 0.336 e. The van der Waals surface area contributed by atoms with E-state index in [2.05, 4.69) is 10.2 Å². The summed E-state index contributed by atoms with van der Waals surface area (Å²) >= 11 is 0. The maximum absolute atomic E-state index is 12.8. The summed E-state index contributed by atoms with van der Waals surface area (Å²) in [6.07, 6.45) is 0.647. The molecule has 1 N–H and O–H groups in total. The van der Waals surface area contributed by atoms with Gasteiger partial charge in [0.2, 0.25) is 5.91 Å². The highest BCUT2D eigenvalue weighted by molar-refractivity contribution is 5.88. The summed E-state index contributed by atoms with van der Waals surface area (Å²) < 4.78 is 11.2. The van der Waals surface area contributed by atoms with Crippen LogP contribution >= 0.6 is 0 Å². The number of benzene rings is 1. The Bertz CT molecular complexity index is 1020. The number of hydrogen-bond donors (Lipinski definition) is 1. The minimum atomic E-state index is -0.398. The molecule has 1 atom stereocenters. The number of carbonyl (C=O) groups excluding carboxylic acids is 2. The van der Waals surface area contributed by atoms with Gasteiger partial charge in [-0.3, -0.25) is 14.5 Å². The fourth-order valence-corrected chi connectivity index (χ4v) is 4.10. The first-order valence-electron chi connectivity index (χ1n) is 9.96. The maximum atomic E-state index is 12.8. The van der Waals surface area contributed by atoms with Gasteiger partial charge in [-0.2, -0.15) is 0 Å². The molecule has 2 aliphatic rings. The molecule has 4 rings (SSSR count). The molecule has 3 heterocycles. The largest absolute Gasteiger partial charge is 0.483 e. The number of amides is 2. The van der Waals surface area contributed by atoms with Crippen molar-refractivity contribution < 1.29 is 18.7 Å². The number of nitrogens with zero attached hydrogens (tertiary/aromatic N) is 2. The Kier molecular flexibility index (Phi) is 5.27.